The van der Waals surface area contributed by atoms with E-state index in [0.717, 1.165) is 25.7 Å². The van der Waals surface area contributed by atoms with Gasteiger partial charge in [-0.05, 0) is 31.0 Å². The normalized spacial score (nSPS) is 16.2. The lowest BCUT2D eigenvalue weighted by atomic mass is 9.98. The van der Waals surface area contributed by atoms with Gasteiger partial charge in [-0.15, -0.1) is 0 Å². The van der Waals surface area contributed by atoms with Crippen molar-refractivity contribution in [2.24, 2.45) is 5.92 Å². The number of hydrogen-bond acceptors (Lipinski definition) is 3. The maximum atomic E-state index is 12.6. The molecule has 0 spiro atoms. The largest absolute Gasteiger partial charge is 0.478 e. The van der Waals surface area contributed by atoms with Gasteiger partial charge in [0.2, 0.25) is 5.91 Å². The van der Waals surface area contributed by atoms with Crippen LogP contribution in [0.1, 0.15) is 48.9 Å². The smallest absolute Gasteiger partial charge is 0.335 e. The molecular weight excluding hydrogens is 268 g/mol. The molecule has 1 fully saturated rings. The van der Waals surface area contributed by atoms with Crippen molar-refractivity contribution in [1.82, 2.24) is 0 Å². The van der Waals surface area contributed by atoms with E-state index in [1.54, 1.807) is 18.0 Å². The molecule has 2 rings (SSSR count). The zero-order valence-electron chi connectivity index (χ0n) is 12.3. The SMILES string of the molecule is CN(C(=O)C1CCCCCC1)c1ccc(C(=O)O)cc1N. The molecule has 0 bridgehead atoms. The minimum absolute atomic E-state index is 0.0519. The number of nitrogen functional groups attached to an aromatic ring is 1. The second kappa shape index (κ2) is 6.61. The number of amides is 1. The highest BCUT2D eigenvalue weighted by molar-refractivity contribution is 5.98. The molecule has 0 aliphatic heterocycles. The summed E-state index contributed by atoms with van der Waals surface area (Å²) in [4.78, 5) is 25.1. The fourth-order valence-corrected chi connectivity index (χ4v) is 2.91. The lowest BCUT2D eigenvalue weighted by Crippen LogP contribution is -2.33. The molecular formula is C16H22N2O3. The van der Waals surface area contributed by atoms with E-state index in [-0.39, 0.29) is 17.4 Å². The first-order valence-corrected chi connectivity index (χ1v) is 7.41. The van der Waals surface area contributed by atoms with Crippen LogP contribution in [-0.4, -0.2) is 24.0 Å². The number of nitrogens with two attached hydrogens (primary N) is 1. The number of carboxylic acid groups (broad SMARTS) is 1. The van der Waals surface area contributed by atoms with Gasteiger partial charge in [0.05, 0.1) is 16.9 Å². The molecule has 114 valence electrons. The molecule has 1 saturated carbocycles. The Kier molecular flexibility index (Phi) is 4.83. The van der Waals surface area contributed by atoms with E-state index in [0.29, 0.717) is 11.4 Å². The van der Waals surface area contributed by atoms with Crippen LogP contribution < -0.4 is 10.6 Å². The number of carboxylic acids is 1. The molecule has 5 heteroatoms. The Labute approximate surface area is 124 Å². The maximum absolute atomic E-state index is 12.6. The highest BCUT2D eigenvalue weighted by Gasteiger charge is 2.25. The molecule has 0 radical (unpaired) electrons. The number of nitrogens with zero attached hydrogens (tertiary/aromatic N) is 1. The Hall–Kier alpha value is -2.04. The number of carbonyl (C=O) groups is 2. The van der Waals surface area contributed by atoms with E-state index in [9.17, 15) is 9.59 Å². The Balaban J connectivity index is 2.16. The van der Waals surface area contributed by atoms with E-state index in [2.05, 4.69) is 0 Å². The van der Waals surface area contributed by atoms with Crippen LogP contribution >= 0.6 is 0 Å². The number of anilines is 2. The van der Waals surface area contributed by atoms with Crippen molar-refractivity contribution in [2.75, 3.05) is 17.7 Å². The summed E-state index contributed by atoms with van der Waals surface area (Å²) in [5.41, 5.74) is 6.93. The van der Waals surface area contributed by atoms with Crippen molar-refractivity contribution < 1.29 is 14.7 Å². The lowest BCUT2D eigenvalue weighted by molar-refractivity contribution is -0.122. The number of hydrogen-bond donors (Lipinski definition) is 2. The third-order valence-electron chi connectivity index (χ3n) is 4.17. The van der Waals surface area contributed by atoms with Crippen molar-refractivity contribution >= 4 is 23.3 Å². The molecule has 1 aliphatic carbocycles. The van der Waals surface area contributed by atoms with Gasteiger partial charge in [0, 0.05) is 13.0 Å². The first kappa shape index (κ1) is 15.4. The molecule has 21 heavy (non-hydrogen) atoms. The molecule has 1 amide bonds. The molecule has 3 N–H and O–H groups in total. The van der Waals surface area contributed by atoms with Crippen molar-refractivity contribution in [1.29, 1.82) is 0 Å². The molecule has 5 nitrogen and oxygen atoms in total. The van der Waals surface area contributed by atoms with Crippen LogP contribution in [0.2, 0.25) is 0 Å². The van der Waals surface area contributed by atoms with Crippen molar-refractivity contribution in [3.63, 3.8) is 0 Å². The minimum atomic E-state index is -1.02. The van der Waals surface area contributed by atoms with E-state index in [1.807, 2.05) is 0 Å². The van der Waals surface area contributed by atoms with Crippen molar-refractivity contribution in [3.8, 4) is 0 Å². The van der Waals surface area contributed by atoms with Gasteiger partial charge < -0.3 is 15.7 Å². The Morgan fingerprint density at radius 2 is 1.81 bits per heavy atom. The Morgan fingerprint density at radius 3 is 2.33 bits per heavy atom. The summed E-state index contributed by atoms with van der Waals surface area (Å²) in [5, 5.41) is 8.95. The average Bonchev–Trinajstić information content (AvgIpc) is 2.74. The predicted octanol–water partition coefficient (Wildman–Crippen LogP) is 2.90. The zero-order chi connectivity index (χ0) is 15.4. The minimum Gasteiger partial charge on any atom is -0.478 e. The standard InChI is InChI=1S/C16H22N2O3/c1-18(15(19)11-6-4-2-3-5-7-11)14-9-8-12(16(20)21)10-13(14)17/h8-11H,2-7,17H2,1H3,(H,20,21). The van der Waals surface area contributed by atoms with Gasteiger partial charge in [-0.2, -0.15) is 0 Å². The maximum Gasteiger partial charge on any atom is 0.335 e. The summed E-state index contributed by atoms with van der Waals surface area (Å²) in [5.74, 6) is -0.895. The molecule has 0 aromatic heterocycles. The van der Waals surface area contributed by atoms with E-state index < -0.39 is 5.97 Å². The summed E-state index contributed by atoms with van der Waals surface area (Å²) in [6.45, 7) is 0. The van der Waals surface area contributed by atoms with Crippen LogP contribution in [-0.2, 0) is 4.79 Å². The highest BCUT2D eigenvalue weighted by Crippen LogP contribution is 2.29. The second-order valence-electron chi connectivity index (χ2n) is 5.66. The van der Waals surface area contributed by atoms with E-state index >= 15 is 0 Å². The van der Waals surface area contributed by atoms with Crippen molar-refractivity contribution in [3.05, 3.63) is 23.8 Å². The van der Waals surface area contributed by atoms with Gasteiger partial charge in [0.1, 0.15) is 0 Å². The number of benzene rings is 1. The zero-order valence-corrected chi connectivity index (χ0v) is 12.3. The van der Waals surface area contributed by atoms with Crippen LogP contribution in [0.15, 0.2) is 18.2 Å². The molecule has 1 aromatic carbocycles. The second-order valence-corrected chi connectivity index (χ2v) is 5.66. The van der Waals surface area contributed by atoms with Gasteiger partial charge in [-0.3, -0.25) is 4.79 Å². The Morgan fingerprint density at radius 1 is 1.19 bits per heavy atom. The summed E-state index contributed by atoms with van der Waals surface area (Å²) >= 11 is 0. The lowest BCUT2D eigenvalue weighted by Gasteiger charge is -2.24. The van der Waals surface area contributed by atoms with Gasteiger partial charge in [0.25, 0.3) is 0 Å². The molecule has 1 aromatic rings. The van der Waals surface area contributed by atoms with Gasteiger partial charge in [-0.1, -0.05) is 25.7 Å². The fraction of sp³-hybridized carbons (Fsp3) is 0.500. The van der Waals surface area contributed by atoms with Crippen LogP contribution in [0.3, 0.4) is 0 Å². The van der Waals surface area contributed by atoms with Crippen LogP contribution in [0.4, 0.5) is 11.4 Å². The Bertz CT molecular complexity index is 534. The van der Waals surface area contributed by atoms with Crippen LogP contribution in [0.5, 0.6) is 0 Å². The molecule has 0 saturated heterocycles. The predicted molar refractivity (Wildman–Crippen MR) is 82.4 cm³/mol. The fourth-order valence-electron chi connectivity index (χ4n) is 2.91. The summed E-state index contributed by atoms with van der Waals surface area (Å²) < 4.78 is 0. The van der Waals surface area contributed by atoms with E-state index in [1.165, 1.54) is 25.0 Å². The van der Waals surface area contributed by atoms with Gasteiger partial charge in [-0.25, -0.2) is 4.79 Å². The van der Waals surface area contributed by atoms with E-state index in [4.69, 9.17) is 10.8 Å². The number of carbonyl (C=O) groups excluding carboxylic acids is 1. The van der Waals surface area contributed by atoms with Crippen LogP contribution in [0, 0.1) is 5.92 Å². The highest BCUT2D eigenvalue weighted by atomic mass is 16.4. The molecule has 1 aliphatic rings. The van der Waals surface area contributed by atoms with Crippen LogP contribution in [0.25, 0.3) is 0 Å². The van der Waals surface area contributed by atoms with Crippen molar-refractivity contribution in [2.45, 2.75) is 38.5 Å². The summed E-state index contributed by atoms with van der Waals surface area (Å²) in [6, 6.07) is 4.48. The molecule has 0 heterocycles. The van der Waals surface area contributed by atoms with Gasteiger partial charge in [0.15, 0.2) is 0 Å². The number of rotatable bonds is 3. The number of aromatic carboxylic acids is 1. The first-order chi connectivity index (χ1) is 10.0. The monoisotopic (exact) mass is 290 g/mol. The first-order valence-electron chi connectivity index (χ1n) is 7.41. The average molecular weight is 290 g/mol. The molecule has 0 unspecified atom stereocenters. The molecule has 0 atom stereocenters. The third-order valence-corrected chi connectivity index (χ3v) is 4.17. The topological polar surface area (TPSA) is 83.6 Å². The summed E-state index contributed by atoms with van der Waals surface area (Å²) in [6.07, 6.45) is 6.44. The third kappa shape index (κ3) is 3.54. The van der Waals surface area contributed by atoms with Gasteiger partial charge >= 0.3 is 5.97 Å². The summed E-state index contributed by atoms with van der Waals surface area (Å²) in [7, 11) is 1.71. The quantitative estimate of drug-likeness (QED) is 0.662.